The van der Waals surface area contributed by atoms with Crippen LogP contribution in [0.5, 0.6) is 0 Å². The molecule has 2 nitrogen and oxygen atoms in total. The van der Waals surface area contributed by atoms with Crippen molar-refractivity contribution in [1.29, 1.82) is 0 Å². The first-order valence-corrected chi connectivity index (χ1v) is 11.8. The molecule has 0 saturated carbocycles. The third kappa shape index (κ3) is 4.30. The van der Waals surface area contributed by atoms with Crippen LogP contribution in [0.1, 0.15) is 0 Å². The Hall–Kier alpha value is -4.69. The third-order valence-electron chi connectivity index (χ3n) is 6.31. The number of aromatic nitrogens is 1. The zero-order valence-corrected chi connectivity index (χ0v) is 19.3. The van der Waals surface area contributed by atoms with E-state index in [-0.39, 0.29) is 0 Å². The Morgan fingerprint density at radius 1 is 0.400 bits per heavy atom. The number of benzene rings is 5. The molecule has 0 spiro atoms. The van der Waals surface area contributed by atoms with Crippen LogP contribution in [-0.2, 0) is 0 Å². The van der Waals surface area contributed by atoms with Gasteiger partial charge < -0.3 is 4.90 Å². The minimum atomic E-state index is 0.995. The molecule has 1 heterocycles. The van der Waals surface area contributed by atoms with Gasteiger partial charge in [0.05, 0.1) is 5.52 Å². The summed E-state index contributed by atoms with van der Waals surface area (Å²) in [6.07, 6.45) is 1.84. The average Bonchev–Trinajstić information content (AvgIpc) is 2.95. The van der Waals surface area contributed by atoms with Gasteiger partial charge in [-0.3, -0.25) is 4.98 Å². The summed E-state index contributed by atoms with van der Waals surface area (Å²) >= 11 is 0. The molecule has 0 bridgehead atoms. The minimum Gasteiger partial charge on any atom is -0.310 e. The second kappa shape index (κ2) is 9.28. The van der Waals surface area contributed by atoms with Gasteiger partial charge in [0.15, 0.2) is 0 Å². The van der Waals surface area contributed by atoms with Crippen LogP contribution in [0.2, 0.25) is 0 Å². The Bertz CT molecular complexity index is 1470. The van der Waals surface area contributed by atoms with Gasteiger partial charge in [-0.15, -0.1) is 0 Å². The Morgan fingerprint density at radius 3 is 1.43 bits per heavy atom. The van der Waals surface area contributed by atoms with Gasteiger partial charge in [0.2, 0.25) is 0 Å². The molecule has 0 radical (unpaired) electrons. The monoisotopic (exact) mass is 448 g/mol. The lowest BCUT2D eigenvalue weighted by Crippen LogP contribution is -2.09. The van der Waals surface area contributed by atoms with Gasteiger partial charge in [0, 0.05) is 28.6 Å². The van der Waals surface area contributed by atoms with E-state index in [1.807, 2.05) is 24.4 Å². The average molecular weight is 449 g/mol. The predicted molar refractivity (Wildman–Crippen MR) is 147 cm³/mol. The molecular weight excluding hydrogens is 424 g/mol. The SMILES string of the molecule is c1ccc(-c2ccc(N(c3ccc(-c4ccccc4)cc3)c3ccc4ncccc4c3)cc2)cc1. The molecule has 2 heteroatoms. The molecule has 0 aliphatic rings. The molecule has 0 fully saturated rings. The zero-order chi connectivity index (χ0) is 23.5. The van der Waals surface area contributed by atoms with Crippen LogP contribution in [0.25, 0.3) is 33.2 Å². The number of hydrogen-bond donors (Lipinski definition) is 0. The van der Waals surface area contributed by atoms with E-state index in [0.717, 1.165) is 28.0 Å². The standard InChI is InChI=1S/C33H24N2/c1-3-8-25(9-4-1)27-13-17-30(18-14-27)35(32-21-22-33-29(24-32)12-7-23-34-33)31-19-15-28(16-20-31)26-10-5-2-6-11-26/h1-24H. The molecule has 0 N–H and O–H groups in total. The van der Waals surface area contributed by atoms with Crippen LogP contribution in [0, 0.1) is 0 Å². The van der Waals surface area contributed by atoms with Crippen molar-refractivity contribution >= 4 is 28.0 Å². The van der Waals surface area contributed by atoms with Crippen molar-refractivity contribution in [2.24, 2.45) is 0 Å². The van der Waals surface area contributed by atoms with Gasteiger partial charge in [-0.05, 0) is 70.8 Å². The summed E-state index contributed by atoms with van der Waals surface area (Å²) in [5.41, 5.74) is 9.17. The summed E-state index contributed by atoms with van der Waals surface area (Å²) < 4.78 is 0. The van der Waals surface area contributed by atoms with Gasteiger partial charge in [-0.25, -0.2) is 0 Å². The van der Waals surface area contributed by atoms with E-state index in [0.29, 0.717) is 0 Å². The first-order chi connectivity index (χ1) is 17.3. The fraction of sp³-hybridized carbons (Fsp3) is 0. The zero-order valence-electron chi connectivity index (χ0n) is 19.3. The Morgan fingerprint density at radius 2 is 0.886 bits per heavy atom. The molecule has 1 aromatic heterocycles. The molecule has 0 amide bonds. The van der Waals surface area contributed by atoms with Crippen LogP contribution in [0.3, 0.4) is 0 Å². The van der Waals surface area contributed by atoms with Crippen LogP contribution in [0.4, 0.5) is 17.1 Å². The van der Waals surface area contributed by atoms with Crippen LogP contribution >= 0.6 is 0 Å². The lowest BCUT2D eigenvalue weighted by atomic mass is 10.0. The van der Waals surface area contributed by atoms with E-state index >= 15 is 0 Å². The van der Waals surface area contributed by atoms with Crippen molar-refractivity contribution < 1.29 is 0 Å². The summed E-state index contributed by atoms with van der Waals surface area (Å²) in [5, 5.41) is 1.12. The molecule has 5 aromatic carbocycles. The maximum Gasteiger partial charge on any atom is 0.0703 e. The smallest absolute Gasteiger partial charge is 0.0703 e. The lowest BCUT2D eigenvalue weighted by Gasteiger charge is -2.26. The highest BCUT2D eigenvalue weighted by Crippen LogP contribution is 2.37. The number of nitrogens with zero attached hydrogens (tertiary/aromatic N) is 2. The summed E-state index contributed by atoms with van der Waals surface area (Å²) in [5.74, 6) is 0. The normalized spacial score (nSPS) is 10.9. The van der Waals surface area contributed by atoms with E-state index in [1.165, 1.54) is 22.3 Å². The molecule has 0 aliphatic heterocycles. The Labute approximate surface area is 205 Å². The molecule has 0 saturated heterocycles. The van der Waals surface area contributed by atoms with Crippen molar-refractivity contribution in [2.75, 3.05) is 4.90 Å². The number of rotatable bonds is 5. The fourth-order valence-corrected chi connectivity index (χ4v) is 4.52. The maximum absolute atomic E-state index is 4.50. The minimum absolute atomic E-state index is 0.995. The van der Waals surface area contributed by atoms with Gasteiger partial charge in [0.25, 0.3) is 0 Å². The fourth-order valence-electron chi connectivity index (χ4n) is 4.52. The highest BCUT2D eigenvalue weighted by molar-refractivity contribution is 5.87. The van der Waals surface area contributed by atoms with E-state index in [4.69, 9.17) is 0 Å². The van der Waals surface area contributed by atoms with Crippen molar-refractivity contribution in [3.63, 3.8) is 0 Å². The predicted octanol–water partition coefficient (Wildman–Crippen LogP) is 9.04. The van der Waals surface area contributed by atoms with Crippen molar-refractivity contribution in [3.05, 3.63) is 146 Å². The molecule has 0 atom stereocenters. The molecule has 6 rings (SSSR count). The first kappa shape index (κ1) is 20.9. The molecule has 166 valence electrons. The molecule has 35 heavy (non-hydrogen) atoms. The first-order valence-electron chi connectivity index (χ1n) is 11.8. The largest absolute Gasteiger partial charge is 0.310 e. The van der Waals surface area contributed by atoms with E-state index < -0.39 is 0 Å². The number of hydrogen-bond acceptors (Lipinski definition) is 2. The Balaban J connectivity index is 1.43. The molecule has 6 aromatic rings. The van der Waals surface area contributed by atoms with Crippen LogP contribution in [-0.4, -0.2) is 4.98 Å². The topological polar surface area (TPSA) is 16.1 Å². The molecular formula is C33H24N2. The van der Waals surface area contributed by atoms with Crippen molar-refractivity contribution in [3.8, 4) is 22.3 Å². The summed E-state index contributed by atoms with van der Waals surface area (Å²) in [7, 11) is 0. The summed E-state index contributed by atoms with van der Waals surface area (Å²) in [6, 6.07) is 49.1. The lowest BCUT2D eigenvalue weighted by molar-refractivity contribution is 1.28. The van der Waals surface area contributed by atoms with Gasteiger partial charge in [-0.2, -0.15) is 0 Å². The number of pyridine rings is 1. The van der Waals surface area contributed by atoms with Crippen LogP contribution < -0.4 is 4.90 Å². The summed E-state index contributed by atoms with van der Waals surface area (Å²) in [4.78, 5) is 6.80. The highest BCUT2D eigenvalue weighted by Gasteiger charge is 2.14. The van der Waals surface area contributed by atoms with E-state index in [1.54, 1.807) is 0 Å². The molecule has 0 unspecified atom stereocenters. The van der Waals surface area contributed by atoms with E-state index in [9.17, 15) is 0 Å². The van der Waals surface area contributed by atoms with Gasteiger partial charge in [-0.1, -0.05) is 91.0 Å². The van der Waals surface area contributed by atoms with E-state index in [2.05, 4.69) is 131 Å². The van der Waals surface area contributed by atoms with Crippen molar-refractivity contribution in [2.45, 2.75) is 0 Å². The summed E-state index contributed by atoms with van der Waals surface area (Å²) in [6.45, 7) is 0. The van der Waals surface area contributed by atoms with Crippen molar-refractivity contribution in [1.82, 2.24) is 4.98 Å². The quantitative estimate of drug-likeness (QED) is 0.261. The maximum atomic E-state index is 4.50. The highest BCUT2D eigenvalue weighted by atomic mass is 15.1. The van der Waals surface area contributed by atoms with Gasteiger partial charge >= 0.3 is 0 Å². The third-order valence-corrected chi connectivity index (χ3v) is 6.31. The number of fused-ring (bicyclic) bond motifs is 1. The second-order valence-corrected chi connectivity index (χ2v) is 8.54. The number of anilines is 3. The molecule has 0 aliphatic carbocycles. The second-order valence-electron chi connectivity index (χ2n) is 8.54. The Kier molecular flexibility index (Phi) is 5.54. The van der Waals surface area contributed by atoms with Crippen LogP contribution in [0.15, 0.2) is 146 Å². The van der Waals surface area contributed by atoms with Gasteiger partial charge in [0.1, 0.15) is 0 Å².